The first-order valence-corrected chi connectivity index (χ1v) is 20.4. The Morgan fingerprint density at radius 1 is 1.07 bits per heavy atom. The first-order valence-electron chi connectivity index (χ1n) is 20.4. The summed E-state index contributed by atoms with van der Waals surface area (Å²) in [6.07, 6.45) is 11.5. The minimum atomic E-state index is -0.835. The Labute approximate surface area is 339 Å². The molecule has 0 saturated carbocycles. The molecule has 1 spiro atoms. The number of amides is 1. The maximum atomic E-state index is 13.1. The number of nitrogens with one attached hydrogen (secondary N) is 2. The molecule has 3 aliphatic heterocycles. The van der Waals surface area contributed by atoms with E-state index >= 15 is 0 Å². The van der Waals surface area contributed by atoms with Crippen molar-refractivity contribution in [2.24, 2.45) is 10.9 Å². The second-order valence-electron chi connectivity index (χ2n) is 15.9. The molecule has 0 bridgehead atoms. The molecule has 1 amide bonds. The molecule has 0 radical (unpaired) electrons. The number of nitrogens with zero attached hydrogens (tertiary/aromatic N) is 1. The number of hydrogen-bond donors (Lipinski definition) is 3. The maximum Gasteiger partial charge on any atom is 0.303 e. The number of hydrogen-bond acceptors (Lipinski definition) is 11. The van der Waals surface area contributed by atoms with Gasteiger partial charge >= 0.3 is 5.97 Å². The van der Waals surface area contributed by atoms with Gasteiger partial charge in [-0.15, -0.1) is 0 Å². The molecule has 0 aliphatic carbocycles. The van der Waals surface area contributed by atoms with Crippen molar-refractivity contribution in [3.05, 3.63) is 78.1 Å². The van der Waals surface area contributed by atoms with Gasteiger partial charge in [0.25, 0.3) is 0 Å². The van der Waals surface area contributed by atoms with Crippen LogP contribution >= 0.6 is 0 Å². The Kier molecular flexibility index (Phi) is 17.7. The lowest BCUT2D eigenvalue weighted by atomic mass is 9.87. The predicted octanol–water partition coefficient (Wildman–Crippen LogP) is 6.11. The van der Waals surface area contributed by atoms with Crippen molar-refractivity contribution in [1.29, 1.82) is 0 Å². The molecule has 4 rings (SSSR count). The Morgan fingerprint density at radius 3 is 2.49 bits per heavy atom. The third-order valence-electron chi connectivity index (χ3n) is 10.7. The minimum absolute atomic E-state index is 0.0222. The molecule has 12 nitrogen and oxygen atoms in total. The summed E-state index contributed by atoms with van der Waals surface area (Å²) in [5.74, 6) is 0.320. The Bertz CT molecular complexity index is 1630. The Balaban J connectivity index is 1.21. The van der Waals surface area contributed by atoms with E-state index in [9.17, 15) is 19.5 Å². The summed E-state index contributed by atoms with van der Waals surface area (Å²) < 4.78 is 29.3. The summed E-state index contributed by atoms with van der Waals surface area (Å²) in [7, 11) is 0. The van der Waals surface area contributed by atoms with Crippen LogP contribution in [0.15, 0.2) is 77.5 Å². The summed E-state index contributed by atoms with van der Waals surface area (Å²) in [4.78, 5) is 41.2. The summed E-state index contributed by atoms with van der Waals surface area (Å²) in [6, 6.07) is 7.64. The van der Waals surface area contributed by atoms with Crippen LogP contribution in [-0.4, -0.2) is 103 Å². The molecular formula is C45H65N3O9. The lowest BCUT2D eigenvalue weighted by Gasteiger charge is -2.39. The van der Waals surface area contributed by atoms with E-state index in [0.717, 1.165) is 60.5 Å². The predicted molar refractivity (Wildman–Crippen MR) is 221 cm³/mol. The van der Waals surface area contributed by atoms with E-state index in [1.54, 1.807) is 13.0 Å². The topological polar surface area (TPSA) is 157 Å². The Morgan fingerprint density at radius 2 is 1.81 bits per heavy atom. The lowest BCUT2D eigenvalue weighted by molar-refractivity contribution is -0.144. The van der Waals surface area contributed by atoms with Gasteiger partial charge in [0, 0.05) is 43.8 Å². The number of aliphatic hydroxyl groups is 1. The van der Waals surface area contributed by atoms with Crippen molar-refractivity contribution in [3.63, 3.8) is 0 Å². The van der Waals surface area contributed by atoms with Crippen molar-refractivity contribution in [2.45, 2.75) is 142 Å². The second kappa shape index (κ2) is 22.2. The van der Waals surface area contributed by atoms with Crippen molar-refractivity contribution >= 4 is 23.4 Å². The normalized spacial score (nSPS) is 28.3. The van der Waals surface area contributed by atoms with Gasteiger partial charge < -0.3 is 39.4 Å². The number of unbranched alkanes of at least 4 members (excludes halogenated alkanes) is 2. The fourth-order valence-electron chi connectivity index (χ4n) is 7.19. The standard InChI is InChI=1S/C45H65N3O9/c1-29(2)46-22-10-9-11-23-53-38-17-15-36(16-18-38)33(6)47-27-37(50)25-39-26-45(28-54-45)44(52)42(57-39)20-13-30(3)12-19-41-31(4)24-40(34(7)56-41)48-43(51)21-14-32(5)55-35(8)49/h12-18,20-21,31-32,34,39-42,44,46,52H,1,9-11,19,22-28H2,2-8H3,(H,48,51)/b20-13+,21-14-,30-12+,47-33?/t31-,32-,34+,39+,40+,41-,42+,44+,45+/m0/s1. The highest BCUT2D eigenvalue weighted by molar-refractivity contribution is 6.00. The van der Waals surface area contributed by atoms with E-state index in [0.29, 0.717) is 26.1 Å². The van der Waals surface area contributed by atoms with Gasteiger partial charge in [-0.05, 0) is 109 Å². The van der Waals surface area contributed by atoms with Crippen LogP contribution in [0.4, 0.5) is 0 Å². The van der Waals surface area contributed by atoms with Crippen molar-refractivity contribution in [2.75, 3.05) is 26.3 Å². The number of aliphatic imine (C=N–C) groups is 1. The molecule has 3 N–H and O–H groups in total. The highest BCUT2D eigenvalue weighted by Crippen LogP contribution is 2.43. The maximum absolute atomic E-state index is 13.1. The molecule has 0 unspecified atom stereocenters. The Hall–Kier alpha value is -4.10. The molecule has 57 heavy (non-hydrogen) atoms. The molecule has 3 heterocycles. The van der Waals surface area contributed by atoms with Crippen LogP contribution in [0.3, 0.4) is 0 Å². The molecule has 314 valence electrons. The zero-order valence-electron chi connectivity index (χ0n) is 35.0. The molecule has 1 aromatic carbocycles. The minimum Gasteiger partial charge on any atom is -0.494 e. The monoisotopic (exact) mass is 791 g/mol. The van der Waals surface area contributed by atoms with E-state index in [1.165, 1.54) is 13.0 Å². The quantitative estimate of drug-likeness (QED) is 0.0332. The number of rotatable bonds is 21. The summed E-state index contributed by atoms with van der Waals surface area (Å²) in [5, 5.41) is 17.4. The van der Waals surface area contributed by atoms with E-state index in [-0.39, 0.29) is 48.8 Å². The van der Waals surface area contributed by atoms with Gasteiger partial charge in [0.05, 0.1) is 44.1 Å². The third kappa shape index (κ3) is 15.3. The van der Waals surface area contributed by atoms with Crippen LogP contribution in [0, 0.1) is 5.92 Å². The number of carbonyl (C=O) groups excluding carboxylic acids is 3. The van der Waals surface area contributed by atoms with E-state index < -0.39 is 36.0 Å². The van der Waals surface area contributed by atoms with Crippen molar-refractivity contribution in [3.8, 4) is 5.75 Å². The fraction of sp³-hybridized carbons (Fsp3) is 0.600. The van der Waals surface area contributed by atoms with Gasteiger partial charge in [-0.25, -0.2) is 0 Å². The molecule has 1 aromatic rings. The number of ether oxygens (including phenoxy) is 5. The second-order valence-corrected chi connectivity index (χ2v) is 15.9. The summed E-state index contributed by atoms with van der Waals surface area (Å²) in [6.45, 7) is 18.9. The van der Waals surface area contributed by atoms with Gasteiger partial charge in [-0.2, -0.15) is 0 Å². The first kappa shape index (κ1) is 45.6. The van der Waals surface area contributed by atoms with Gasteiger partial charge in [-0.3, -0.25) is 19.4 Å². The van der Waals surface area contributed by atoms with Crippen LogP contribution in [-0.2, 0) is 33.3 Å². The zero-order valence-corrected chi connectivity index (χ0v) is 35.0. The van der Waals surface area contributed by atoms with E-state index in [1.807, 2.05) is 64.1 Å². The van der Waals surface area contributed by atoms with Crippen LogP contribution in [0.25, 0.3) is 0 Å². The van der Waals surface area contributed by atoms with Gasteiger partial charge in [-0.1, -0.05) is 37.3 Å². The summed E-state index contributed by atoms with van der Waals surface area (Å²) >= 11 is 0. The van der Waals surface area contributed by atoms with Gasteiger partial charge in [0.15, 0.2) is 5.78 Å². The number of Topliss-reactive ketones (excluding diaryl/α,β-unsaturated/α-hetero) is 1. The van der Waals surface area contributed by atoms with Gasteiger partial charge in [0.2, 0.25) is 5.91 Å². The SMILES string of the molecule is C=C(C)NCCCCCOc1ccc(C(C)=NCC(=O)C[C@@H]2C[C@@]3(CO3)[C@H](O)[C@@H](/C=C/C(C)=C/C[C@@H]3O[C@H](C)[C@H](NC(=O)/C=C\[C@H](C)OC(C)=O)C[C@@H]3C)O2)cc1. The molecule has 3 fully saturated rings. The van der Waals surface area contributed by atoms with Crippen LogP contribution in [0.5, 0.6) is 5.75 Å². The van der Waals surface area contributed by atoms with Gasteiger partial charge in [0.1, 0.15) is 29.7 Å². The van der Waals surface area contributed by atoms with E-state index in [2.05, 4.69) is 35.2 Å². The molecule has 0 aromatic heterocycles. The van der Waals surface area contributed by atoms with Crippen LogP contribution in [0.1, 0.15) is 99.0 Å². The van der Waals surface area contributed by atoms with Crippen LogP contribution < -0.4 is 15.4 Å². The number of aliphatic hydroxyl groups excluding tert-OH is 1. The number of allylic oxidation sites excluding steroid dienone is 3. The average molecular weight is 792 g/mol. The molecule has 12 heteroatoms. The number of carbonyl (C=O) groups is 3. The number of esters is 1. The number of epoxide rings is 1. The van der Waals surface area contributed by atoms with E-state index in [4.69, 9.17) is 23.7 Å². The smallest absolute Gasteiger partial charge is 0.303 e. The fourth-order valence-corrected chi connectivity index (χ4v) is 7.19. The highest BCUT2D eigenvalue weighted by Gasteiger charge is 2.58. The van der Waals surface area contributed by atoms with Crippen LogP contribution in [0.2, 0.25) is 0 Å². The largest absolute Gasteiger partial charge is 0.494 e. The third-order valence-corrected chi connectivity index (χ3v) is 10.7. The highest BCUT2D eigenvalue weighted by atomic mass is 16.6. The first-order chi connectivity index (χ1) is 27.1. The molecule has 3 saturated heterocycles. The van der Waals surface area contributed by atoms with Crippen molar-refractivity contribution in [1.82, 2.24) is 10.6 Å². The lowest BCUT2D eigenvalue weighted by Crippen LogP contribution is -2.50. The molecule has 9 atom stereocenters. The number of benzene rings is 1. The van der Waals surface area contributed by atoms with Crippen molar-refractivity contribution < 1.29 is 43.2 Å². The summed E-state index contributed by atoms with van der Waals surface area (Å²) in [5.41, 5.74) is 3.00. The average Bonchev–Trinajstić information content (AvgIpc) is 3.93. The zero-order chi connectivity index (χ0) is 41.5. The molecule has 3 aliphatic rings. The number of ketones is 1. The molecular weight excluding hydrogens is 727 g/mol.